The number of carbonyl (C=O) groups is 3. The first-order valence-corrected chi connectivity index (χ1v) is 7.48. The zero-order chi connectivity index (χ0) is 17.8. The maximum Gasteiger partial charge on any atom is 0.336 e. The molecule has 6 heteroatoms. The van der Waals surface area contributed by atoms with Gasteiger partial charge in [-0.25, -0.2) is 4.79 Å². The number of carboxylic acid groups (broad SMARTS) is 1. The third kappa shape index (κ3) is 3.32. The van der Waals surface area contributed by atoms with E-state index in [-0.39, 0.29) is 11.1 Å². The lowest BCUT2D eigenvalue weighted by Gasteiger charge is -2.10. The van der Waals surface area contributed by atoms with Gasteiger partial charge in [0.05, 0.1) is 11.1 Å². The minimum Gasteiger partial charge on any atom is -0.478 e. The number of carboxylic acids is 1. The fourth-order valence-electron chi connectivity index (χ4n) is 2.54. The molecule has 0 saturated carbocycles. The van der Waals surface area contributed by atoms with Gasteiger partial charge in [0.2, 0.25) is 0 Å². The molecule has 0 heterocycles. The highest BCUT2D eigenvalue weighted by molar-refractivity contribution is 6.09. The number of nitrogens with one attached hydrogen (secondary N) is 2. The van der Waals surface area contributed by atoms with Crippen LogP contribution in [-0.2, 0) is 0 Å². The quantitative estimate of drug-likeness (QED) is 0.642. The summed E-state index contributed by atoms with van der Waals surface area (Å²) in [6.07, 6.45) is 0. The van der Waals surface area contributed by atoms with Crippen molar-refractivity contribution in [2.75, 3.05) is 0 Å². The number of amides is 2. The number of hydrogen-bond acceptors (Lipinski definition) is 3. The third-order valence-electron chi connectivity index (χ3n) is 3.73. The molecule has 0 radical (unpaired) electrons. The molecule has 2 amide bonds. The number of fused-ring (bicyclic) bond motifs is 1. The van der Waals surface area contributed by atoms with Crippen molar-refractivity contribution < 1.29 is 19.5 Å². The fourth-order valence-corrected chi connectivity index (χ4v) is 2.54. The standard InChI is InChI=1S/C19H14N2O4/c22-17(14-11-5-7-12-6-1-2-8-13(12)14)20-21-18(23)15-9-3-4-10-16(15)19(24)25/h1-11H,(H,20,22)(H,21,23)(H,24,25). The van der Waals surface area contributed by atoms with Crippen LogP contribution in [0.25, 0.3) is 10.8 Å². The number of rotatable bonds is 3. The summed E-state index contributed by atoms with van der Waals surface area (Å²) in [7, 11) is 0. The van der Waals surface area contributed by atoms with Gasteiger partial charge in [-0.1, -0.05) is 48.5 Å². The summed E-state index contributed by atoms with van der Waals surface area (Å²) in [5.41, 5.74) is 4.81. The Hall–Kier alpha value is -3.67. The minimum absolute atomic E-state index is 0.0341. The molecule has 0 aliphatic heterocycles. The normalized spacial score (nSPS) is 10.2. The van der Waals surface area contributed by atoms with Crippen molar-refractivity contribution in [3.8, 4) is 0 Å². The molecule has 0 fully saturated rings. The highest BCUT2D eigenvalue weighted by Crippen LogP contribution is 2.18. The summed E-state index contributed by atoms with van der Waals surface area (Å²) in [5, 5.41) is 10.8. The van der Waals surface area contributed by atoms with Gasteiger partial charge in [-0.05, 0) is 29.0 Å². The SMILES string of the molecule is O=C(O)c1ccccc1C(=O)NNC(=O)c1cccc2ccccc12. The van der Waals surface area contributed by atoms with Crippen molar-refractivity contribution in [2.24, 2.45) is 0 Å². The van der Waals surface area contributed by atoms with E-state index in [1.165, 1.54) is 18.2 Å². The maximum atomic E-state index is 12.4. The lowest BCUT2D eigenvalue weighted by molar-refractivity contribution is 0.0690. The Morgan fingerprint density at radius 3 is 1.88 bits per heavy atom. The number of benzene rings is 3. The van der Waals surface area contributed by atoms with Crippen molar-refractivity contribution in [2.45, 2.75) is 0 Å². The monoisotopic (exact) mass is 334 g/mol. The van der Waals surface area contributed by atoms with Gasteiger partial charge in [0, 0.05) is 5.56 Å². The first-order chi connectivity index (χ1) is 12.1. The van der Waals surface area contributed by atoms with E-state index < -0.39 is 17.8 Å². The summed E-state index contributed by atoms with van der Waals surface area (Å²) in [4.78, 5) is 35.7. The van der Waals surface area contributed by atoms with Crippen LogP contribution in [0.4, 0.5) is 0 Å². The zero-order valence-corrected chi connectivity index (χ0v) is 13.0. The molecule has 124 valence electrons. The van der Waals surface area contributed by atoms with E-state index in [2.05, 4.69) is 10.9 Å². The Morgan fingerprint density at radius 2 is 1.16 bits per heavy atom. The molecule has 0 bridgehead atoms. The van der Waals surface area contributed by atoms with Crippen LogP contribution in [-0.4, -0.2) is 22.9 Å². The van der Waals surface area contributed by atoms with Crippen molar-refractivity contribution in [1.82, 2.24) is 10.9 Å². The van der Waals surface area contributed by atoms with E-state index >= 15 is 0 Å². The van der Waals surface area contributed by atoms with Crippen LogP contribution in [0.5, 0.6) is 0 Å². The third-order valence-corrected chi connectivity index (χ3v) is 3.73. The van der Waals surface area contributed by atoms with Gasteiger partial charge in [0.25, 0.3) is 11.8 Å². The molecule has 0 atom stereocenters. The first-order valence-electron chi connectivity index (χ1n) is 7.48. The van der Waals surface area contributed by atoms with Crippen molar-refractivity contribution in [1.29, 1.82) is 0 Å². The topological polar surface area (TPSA) is 95.5 Å². The molecule has 0 unspecified atom stereocenters. The predicted octanol–water partition coefficient (Wildman–Crippen LogP) is 2.61. The molecule has 6 nitrogen and oxygen atoms in total. The van der Waals surface area contributed by atoms with Gasteiger partial charge in [0.1, 0.15) is 0 Å². The summed E-state index contributed by atoms with van der Waals surface area (Å²) in [6, 6.07) is 18.4. The van der Waals surface area contributed by atoms with Crippen LogP contribution in [0.2, 0.25) is 0 Å². The number of hydrogen-bond donors (Lipinski definition) is 3. The first kappa shape index (κ1) is 16.2. The summed E-state index contributed by atoms with van der Waals surface area (Å²) >= 11 is 0. The lowest BCUT2D eigenvalue weighted by Crippen LogP contribution is -2.42. The van der Waals surface area contributed by atoms with E-state index in [0.717, 1.165) is 10.8 Å². The summed E-state index contributed by atoms with van der Waals surface area (Å²) in [5.74, 6) is -2.41. The second kappa shape index (κ2) is 6.84. The fraction of sp³-hybridized carbons (Fsp3) is 0. The van der Waals surface area contributed by atoms with Crippen LogP contribution in [0.15, 0.2) is 66.7 Å². The Kier molecular flexibility index (Phi) is 4.43. The smallest absolute Gasteiger partial charge is 0.336 e. The number of carbonyl (C=O) groups excluding carboxylic acids is 2. The molecule has 3 N–H and O–H groups in total. The second-order valence-electron chi connectivity index (χ2n) is 5.29. The largest absolute Gasteiger partial charge is 0.478 e. The zero-order valence-electron chi connectivity index (χ0n) is 13.0. The minimum atomic E-state index is -1.22. The van der Waals surface area contributed by atoms with Gasteiger partial charge >= 0.3 is 5.97 Å². The van der Waals surface area contributed by atoms with Crippen molar-refractivity contribution in [3.05, 3.63) is 83.4 Å². The molecule has 0 aliphatic rings. The molecular formula is C19H14N2O4. The molecule has 0 saturated heterocycles. The Balaban J connectivity index is 1.78. The summed E-state index contributed by atoms with van der Waals surface area (Å²) in [6.45, 7) is 0. The van der Waals surface area contributed by atoms with Gasteiger partial charge in [-0.2, -0.15) is 0 Å². The van der Waals surface area contributed by atoms with Gasteiger partial charge in [-0.15, -0.1) is 0 Å². The van der Waals surface area contributed by atoms with E-state index in [1.807, 2.05) is 30.3 Å². The molecule has 0 aliphatic carbocycles. The van der Waals surface area contributed by atoms with Crippen LogP contribution in [0.3, 0.4) is 0 Å². The highest BCUT2D eigenvalue weighted by atomic mass is 16.4. The maximum absolute atomic E-state index is 12.4. The molecule has 3 rings (SSSR count). The van der Waals surface area contributed by atoms with Crippen LogP contribution in [0, 0.1) is 0 Å². The molecule has 0 spiro atoms. The molecule has 3 aromatic carbocycles. The summed E-state index contributed by atoms with van der Waals surface area (Å²) < 4.78 is 0. The number of aromatic carboxylic acids is 1. The molecule has 3 aromatic rings. The van der Waals surface area contributed by atoms with Gasteiger partial charge in [-0.3, -0.25) is 20.4 Å². The van der Waals surface area contributed by atoms with Crippen LogP contribution in [0.1, 0.15) is 31.1 Å². The van der Waals surface area contributed by atoms with E-state index in [0.29, 0.717) is 5.56 Å². The highest BCUT2D eigenvalue weighted by Gasteiger charge is 2.17. The second-order valence-corrected chi connectivity index (χ2v) is 5.29. The average Bonchev–Trinajstić information content (AvgIpc) is 2.65. The molecule has 25 heavy (non-hydrogen) atoms. The van der Waals surface area contributed by atoms with E-state index in [1.54, 1.807) is 18.2 Å². The van der Waals surface area contributed by atoms with E-state index in [4.69, 9.17) is 5.11 Å². The van der Waals surface area contributed by atoms with Gasteiger partial charge in [0.15, 0.2) is 0 Å². The van der Waals surface area contributed by atoms with E-state index in [9.17, 15) is 14.4 Å². The Bertz CT molecular complexity index is 977. The van der Waals surface area contributed by atoms with Crippen molar-refractivity contribution >= 4 is 28.6 Å². The van der Waals surface area contributed by atoms with Gasteiger partial charge < -0.3 is 5.11 Å². The Morgan fingerprint density at radius 1 is 0.640 bits per heavy atom. The molecule has 0 aromatic heterocycles. The average molecular weight is 334 g/mol. The number of hydrazine groups is 1. The lowest BCUT2D eigenvalue weighted by atomic mass is 10.0. The predicted molar refractivity (Wildman–Crippen MR) is 92.3 cm³/mol. The van der Waals surface area contributed by atoms with Crippen LogP contribution >= 0.6 is 0 Å². The van der Waals surface area contributed by atoms with Crippen LogP contribution < -0.4 is 10.9 Å². The molecular weight excluding hydrogens is 320 g/mol. The Labute approximate surface area is 143 Å². The van der Waals surface area contributed by atoms with Crippen molar-refractivity contribution in [3.63, 3.8) is 0 Å².